The first-order valence-electron chi connectivity index (χ1n) is 8.08. The molecular weight excluding hydrogens is 290 g/mol. The smallest absolute Gasteiger partial charge is 0.0714 e. The lowest BCUT2D eigenvalue weighted by molar-refractivity contribution is 1.33. The maximum Gasteiger partial charge on any atom is 0.0714 e. The van der Waals surface area contributed by atoms with Crippen LogP contribution in [-0.4, -0.2) is 4.98 Å². The minimum absolute atomic E-state index is 0.996. The lowest BCUT2D eigenvalue weighted by Gasteiger charge is -2.10. The molecule has 0 saturated heterocycles. The average Bonchev–Trinajstić information content (AvgIpc) is 2.69. The first-order valence-corrected chi connectivity index (χ1v) is 8.08. The van der Waals surface area contributed by atoms with Crippen LogP contribution in [0, 0.1) is 0 Å². The number of hydrogen-bond donors (Lipinski definition) is 0. The topological polar surface area (TPSA) is 12.9 Å². The molecular formula is C23H17N. The number of rotatable bonds is 3. The zero-order chi connectivity index (χ0) is 16.2. The molecule has 0 bridgehead atoms. The molecule has 1 nitrogen and oxygen atoms in total. The van der Waals surface area contributed by atoms with Crippen molar-refractivity contribution in [1.29, 1.82) is 0 Å². The molecule has 4 aromatic rings. The molecule has 0 N–H and O–H groups in total. The van der Waals surface area contributed by atoms with Gasteiger partial charge in [0.2, 0.25) is 0 Å². The molecule has 0 fully saturated rings. The van der Waals surface area contributed by atoms with Crippen LogP contribution in [0.25, 0.3) is 33.5 Å². The number of hydrogen-bond acceptors (Lipinski definition) is 1. The Bertz CT molecular complexity index is 944. The van der Waals surface area contributed by atoms with Crippen molar-refractivity contribution < 1.29 is 0 Å². The molecule has 0 spiro atoms. The summed E-state index contributed by atoms with van der Waals surface area (Å²) in [6.07, 6.45) is 1.89. The van der Waals surface area contributed by atoms with E-state index in [1.807, 2.05) is 18.3 Å². The summed E-state index contributed by atoms with van der Waals surface area (Å²) in [4.78, 5) is 4.62. The molecule has 24 heavy (non-hydrogen) atoms. The first kappa shape index (κ1) is 14.4. The van der Waals surface area contributed by atoms with Crippen molar-refractivity contribution in [2.45, 2.75) is 0 Å². The third-order valence-corrected chi connectivity index (χ3v) is 4.15. The van der Waals surface area contributed by atoms with Crippen molar-refractivity contribution in [2.24, 2.45) is 0 Å². The largest absolute Gasteiger partial charge is 0.256 e. The summed E-state index contributed by atoms with van der Waals surface area (Å²) in [5, 5.41) is 0. The van der Waals surface area contributed by atoms with Crippen LogP contribution in [0.4, 0.5) is 0 Å². The summed E-state index contributed by atoms with van der Waals surface area (Å²) in [6.45, 7) is 0. The van der Waals surface area contributed by atoms with Crippen LogP contribution in [0.5, 0.6) is 0 Å². The lowest BCUT2D eigenvalue weighted by atomic mass is 9.96. The zero-order valence-corrected chi connectivity index (χ0v) is 13.3. The summed E-state index contributed by atoms with van der Waals surface area (Å²) in [6, 6.07) is 33.5. The van der Waals surface area contributed by atoms with Crippen molar-refractivity contribution >= 4 is 0 Å². The summed E-state index contributed by atoms with van der Waals surface area (Å²) >= 11 is 0. The highest BCUT2D eigenvalue weighted by Crippen LogP contribution is 2.32. The number of pyridine rings is 1. The van der Waals surface area contributed by atoms with Crippen molar-refractivity contribution in [3.8, 4) is 33.5 Å². The molecule has 1 aromatic heterocycles. The second-order valence-corrected chi connectivity index (χ2v) is 5.71. The summed E-state index contributed by atoms with van der Waals surface area (Å²) in [7, 11) is 0. The van der Waals surface area contributed by atoms with Gasteiger partial charge in [-0.05, 0) is 34.4 Å². The van der Waals surface area contributed by atoms with E-state index in [4.69, 9.17) is 0 Å². The fourth-order valence-electron chi connectivity index (χ4n) is 2.96. The van der Waals surface area contributed by atoms with Gasteiger partial charge in [0.1, 0.15) is 0 Å². The SMILES string of the molecule is c1ccc(-c2ccnc(-c3ccccc3-c3ccccc3)c2)cc1. The number of benzene rings is 3. The van der Waals surface area contributed by atoms with Crippen molar-refractivity contribution in [3.63, 3.8) is 0 Å². The molecule has 0 unspecified atom stereocenters. The third-order valence-electron chi connectivity index (χ3n) is 4.15. The van der Waals surface area contributed by atoms with Crippen molar-refractivity contribution in [1.82, 2.24) is 4.98 Å². The van der Waals surface area contributed by atoms with E-state index in [1.54, 1.807) is 0 Å². The van der Waals surface area contributed by atoms with Crippen LogP contribution < -0.4 is 0 Å². The Hall–Kier alpha value is -3.19. The Morgan fingerprint density at radius 3 is 1.75 bits per heavy atom. The molecule has 0 aliphatic heterocycles. The van der Waals surface area contributed by atoms with Gasteiger partial charge in [0, 0.05) is 11.8 Å². The summed E-state index contributed by atoms with van der Waals surface area (Å²) in [5.41, 5.74) is 6.95. The quantitative estimate of drug-likeness (QED) is 0.447. The predicted molar refractivity (Wildman–Crippen MR) is 101 cm³/mol. The van der Waals surface area contributed by atoms with Gasteiger partial charge in [0.15, 0.2) is 0 Å². The summed E-state index contributed by atoms with van der Waals surface area (Å²) < 4.78 is 0. The van der Waals surface area contributed by atoms with E-state index < -0.39 is 0 Å². The fourth-order valence-corrected chi connectivity index (χ4v) is 2.96. The second-order valence-electron chi connectivity index (χ2n) is 5.71. The Morgan fingerprint density at radius 2 is 1.04 bits per heavy atom. The Labute approximate surface area is 142 Å². The molecule has 0 aliphatic carbocycles. The molecule has 1 heterocycles. The van der Waals surface area contributed by atoms with Gasteiger partial charge in [-0.15, -0.1) is 0 Å². The van der Waals surface area contributed by atoms with E-state index in [-0.39, 0.29) is 0 Å². The third kappa shape index (κ3) is 2.84. The molecule has 0 radical (unpaired) electrons. The van der Waals surface area contributed by atoms with Gasteiger partial charge in [-0.25, -0.2) is 0 Å². The predicted octanol–water partition coefficient (Wildman–Crippen LogP) is 6.08. The van der Waals surface area contributed by atoms with Crippen molar-refractivity contribution in [2.75, 3.05) is 0 Å². The second kappa shape index (κ2) is 6.51. The van der Waals surface area contributed by atoms with Crippen LogP contribution in [0.1, 0.15) is 0 Å². The molecule has 0 atom stereocenters. The molecule has 0 saturated carbocycles. The Balaban J connectivity index is 1.84. The van der Waals surface area contributed by atoms with Crippen LogP contribution in [0.3, 0.4) is 0 Å². The van der Waals surface area contributed by atoms with E-state index in [2.05, 4.69) is 89.9 Å². The van der Waals surface area contributed by atoms with E-state index in [1.165, 1.54) is 22.3 Å². The Morgan fingerprint density at radius 1 is 0.458 bits per heavy atom. The maximum atomic E-state index is 4.62. The highest BCUT2D eigenvalue weighted by atomic mass is 14.7. The minimum atomic E-state index is 0.996. The maximum absolute atomic E-state index is 4.62. The van der Waals surface area contributed by atoms with Gasteiger partial charge < -0.3 is 0 Å². The summed E-state index contributed by atoms with van der Waals surface area (Å²) in [5.74, 6) is 0. The standard InChI is InChI=1S/C23H17N/c1-3-9-18(10-4-1)20-15-16-24-23(17-20)22-14-8-7-13-21(22)19-11-5-2-6-12-19/h1-17H. The molecule has 0 aliphatic rings. The minimum Gasteiger partial charge on any atom is -0.256 e. The molecule has 1 heteroatoms. The zero-order valence-electron chi connectivity index (χ0n) is 13.3. The monoisotopic (exact) mass is 307 g/mol. The number of nitrogens with zero attached hydrogens (tertiary/aromatic N) is 1. The normalized spacial score (nSPS) is 10.5. The van der Waals surface area contributed by atoms with E-state index in [0.717, 1.165) is 11.3 Å². The highest BCUT2D eigenvalue weighted by Gasteiger charge is 2.08. The molecule has 0 amide bonds. The lowest BCUT2D eigenvalue weighted by Crippen LogP contribution is -1.89. The van der Waals surface area contributed by atoms with Gasteiger partial charge in [-0.2, -0.15) is 0 Å². The Kier molecular flexibility index (Phi) is 3.91. The molecule has 114 valence electrons. The van der Waals surface area contributed by atoms with E-state index >= 15 is 0 Å². The van der Waals surface area contributed by atoms with Crippen molar-refractivity contribution in [3.05, 3.63) is 103 Å². The number of aromatic nitrogens is 1. The van der Waals surface area contributed by atoms with Gasteiger partial charge >= 0.3 is 0 Å². The van der Waals surface area contributed by atoms with Gasteiger partial charge in [0.25, 0.3) is 0 Å². The average molecular weight is 307 g/mol. The first-order chi connectivity index (χ1) is 11.9. The van der Waals surface area contributed by atoms with Gasteiger partial charge in [0.05, 0.1) is 5.69 Å². The van der Waals surface area contributed by atoms with Crippen LogP contribution in [0.2, 0.25) is 0 Å². The van der Waals surface area contributed by atoms with E-state index in [0.29, 0.717) is 0 Å². The van der Waals surface area contributed by atoms with Gasteiger partial charge in [-0.3, -0.25) is 4.98 Å². The molecule has 4 rings (SSSR count). The van der Waals surface area contributed by atoms with Crippen LogP contribution in [0.15, 0.2) is 103 Å². The van der Waals surface area contributed by atoms with Crippen LogP contribution >= 0.6 is 0 Å². The fraction of sp³-hybridized carbons (Fsp3) is 0. The van der Waals surface area contributed by atoms with Crippen LogP contribution in [-0.2, 0) is 0 Å². The van der Waals surface area contributed by atoms with Gasteiger partial charge in [-0.1, -0.05) is 84.9 Å². The highest BCUT2D eigenvalue weighted by molar-refractivity contribution is 5.83. The van der Waals surface area contributed by atoms with E-state index in [9.17, 15) is 0 Å². The molecule has 3 aromatic carbocycles.